The second kappa shape index (κ2) is 17.1. The van der Waals surface area contributed by atoms with E-state index in [9.17, 15) is 36.4 Å². The Labute approximate surface area is 271 Å². The number of primary amides is 1. The van der Waals surface area contributed by atoms with Crippen molar-refractivity contribution in [3.05, 3.63) is 88.5 Å². The number of hydrogen-bond acceptors (Lipinski definition) is 7. The van der Waals surface area contributed by atoms with Crippen LogP contribution in [0.3, 0.4) is 0 Å². The van der Waals surface area contributed by atoms with Gasteiger partial charge < -0.3 is 26.0 Å². The Kier molecular flexibility index (Phi) is 13.9. The Balaban J connectivity index is 0.000000479. The highest BCUT2D eigenvalue weighted by Crippen LogP contribution is 2.33. The summed E-state index contributed by atoms with van der Waals surface area (Å²) in [5.41, 5.74) is 11.3. The van der Waals surface area contributed by atoms with E-state index in [1.807, 2.05) is 12.1 Å². The first kappa shape index (κ1) is 39.0. The molecule has 1 saturated heterocycles. The van der Waals surface area contributed by atoms with Crippen molar-refractivity contribution in [2.75, 3.05) is 26.7 Å². The normalized spacial score (nSPS) is 14.7. The SMILES string of the molecule is COc1ccc(Cc2c(C#N)cccc2C(N)=O)cc1-c1cccc(CN2CCN[C@@H](C)C2)c1.O=C(O)C(F)(F)F.O=C(O)C(F)(F)F. The minimum atomic E-state index is -5.08. The van der Waals surface area contributed by atoms with Gasteiger partial charge in [0.15, 0.2) is 0 Å². The number of alkyl halides is 6. The maximum absolute atomic E-state index is 12.0. The minimum Gasteiger partial charge on any atom is -0.496 e. The molecule has 4 rings (SSSR count). The first-order valence-corrected chi connectivity index (χ1v) is 14.0. The molecule has 258 valence electrons. The molecule has 0 bridgehead atoms. The molecule has 1 aliphatic heterocycles. The number of nitrogens with one attached hydrogen (secondary N) is 1. The van der Waals surface area contributed by atoms with E-state index >= 15 is 0 Å². The maximum atomic E-state index is 12.0. The number of halogens is 6. The van der Waals surface area contributed by atoms with E-state index < -0.39 is 30.2 Å². The van der Waals surface area contributed by atoms with Crippen molar-refractivity contribution in [2.45, 2.75) is 38.3 Å². The second-order valence-corrected chi connectivity index (χ2v) is 10.4. The lowest BCUT2D eigenvalue weighted by atomic mass is 9.92. The van der Waals surface area contributed by atoms with E-state index in [1.165, 1.54) is 5.56 Å². The molecule has 1 aliphatic rings. The van der Waals surface area contributed by atoms with Crippen LogP contribution >= 0.6 is 0 Å². The summed E-state index contributed by atoms with van der Waals surface area (Å²) in [6, 6.07) is 22.3. The molecular weight excluding hydrogens is 650 g/mol. The molecule has 5 N–H and O–H groups in total. The van der Waals surface area contributed by atoms with Crippen LogP contribution in [0.1, 0.15) is 39.5 Å². The number of carboxylic acids is 2. The third kappa shape index (κ3) is 11.9. The molecule has 3 aromatic rings. The molecular formula is C32H32F6N4O6. The summed E-state index contributed by atoms with van der Waals surface area (Å²) in [6.07, 6.45) is -9.74. The van der Waals surface area contributed by atoms with Crippen molar-refractivity contribution in [1.29, 1.82) is 5.26 Å². The molecule has 1 atom stereocenters. The molecule has 0 radical (unpaired) electrons. The summed E-state index contributed by atoms with van der Waals surface area (Å²) in [7, 11) is 1.67. The number of carboxylic acid groups (broad SMARTS) is 2. The maximum Gasteiger partial charge on any atom is 0.490 e. The molecule has 10 nitrogen and oxygen atoms in total. The highest BCUT2D eigenvalue weighted by molar-refractivity contribution is 5.95. The molecule has 16 heteroatoms. The molecule has 0 aliphatic carbocycles. The van der Waals surface area contributed by atoms with Gasteiger partial charge in [0.2, 0.25) is 5.91 Å². The molecule has 0 spiro atoms. The number of rotatable bonds is 7. The quantitative estimate of drug-likeness (QED) is 0.252. The number of aliphatic carboxylic acids is 2. The van der Waals surface area contributed by atoms with Crippen molar-refractivity contribution < 1.29 is 55.7 Å². The Hall–Kier alpha value is -5.14. The van der Waals surface area contributed by atoms with Crippen molar-refractivity contribution in [1.82, 2.24) is 10.2 Å². The number of hydrogen-bond donors (Lipinski definition) is 4. The van der Waals surface area contributed by atoms with Crippen LogP contribution in [0, 0.1) is 11.3 Å². The Bertz CT molecular complexity index is 1610. The van der Waals surface area contributed by atoms with Crippen LogP contribution in [-0.2, 0) is 22.6 Å². The van der Waals surface area contributed by atoms with Gasteiger partial charge in [-0.3, -0.25) is 9.69 Å². The second-order valence-electron chi connectivity index (χ2n) is 10.4. The minimum absolute atomic E-state index is 0.378. The van der Waals surface area contributed by atoms with Crippen molar-refractivity contribution in [3.63, 3.8) is 0 Å². The van der Waals surface area contributed by atoms with Gasteiger partial charge in [0.1, 0.15) is 5.75 Å². The zero-order valence-corrected chi connectivity index (χ0v) is 25.7. The van der Waals surface area contributed by atoms with Gasteiger partial charge in [0, 0.05) is 43.3 Å². The number of nitrogens with zero attached hydrogens (tertiary/aromatic N) is 2. The van der Waals surface area contributed by atoms with Gasteiger partial charge in [0.05, 0.1) is 18.7 Å². The molecule has 48 heavy (non-hydrogen) atoms. The highest BCUT2D eigenvalue weighted by atomic mass is 19.4. The van der Waals surface area contributed by atoms with E-state index in [0.717, 1.165) is 48.6 Å². The van der Waals surface area contributed by atoms with Gasteiger partial charge in [-0.15, -0.1) is 0 Å². The zero-order valence-electron chi connectivity index (χ0n) is 25.7. The lowest BCUT2D eigenvalue weighted by molar-refractivity contribution is -0.193. The third-order valence-corrected chi connectivity index (χ3v) is 6.79. The van der Waals surface area contributed by atoms with Crippen molar-refractivity contribution in [3.8, 4) is 22.9 Å². The number of carbonyl (C=O) groups excluding carboxylic acids is 1. The van der Waals surface area contributed by atoms with E-state index in [1.54, 1.807) is 25.3 Å². The zero-order chi connectivity index (χ0) is 36.2. The van der Waals surface area contributed by atoms with Gasteiger partial charge in [-0.2, -0.15) is 31.6 Å². The van der Waals surface area contributed by atoms with Crippen LogP contribution in [0.2, 0.25) is 0 Å². The molecule has 1 fully saturated rings. The average Bonchev–Trinajstić information content (AvgIpc) is 3.01. The summed E-state index contributed by atoms with van der Waals surface area (Å²) >= 11 is 0. The fraction of sp³-hybridized carbons (Fsp3) is 0.312. The van der Waals surface area contributed by atoms with Crippen molar-refractivity contribution in [2.24, 2.45) is 5.73 Å². The van der Waals surface area contributed by atoms with E-state index in [-0.39, 0.29) is 0 Å². The largest absolute Gasteiger partial charge is 0.496 e. The summed E-state index contributed by atoms with van der Waals surface area (Å²) < 4.78 is 69.1. The standard InChI is InChI=1S/C28H30N4O2.2C2HF3O2/c1-19-17-32(12-11-31-19)18-21-5-3-6-22(13-21)26-15-20(9-10-27(26)34-2)14-25-23(16-29)7-4-8-24(25)28(30)33;2*3-2(4,5)1(6)7/h3-10,13,15,19,31H,11-12,14,17-18H2,1-2H3,(H2,30,33);2*(H,6,7)/t19-;;/m0../s1. The van der Waals surface area contributed by atoms with Crippen LogP contribution in [0.5, 0.6) is 5.75 Å². The Morgan fingerprint density at radius 3 is 2.10 bits per heavy atom. The Morgan fingerprint density at radius 1 is 0.979 bits per heavy atom. The van der Waals surface area contributed by atoms with Gasteiger partial charge in [-0.1, -0.05) is 30.3 Å². The van der Waals surface area contributed by atoms with Crippen LogP contribution in [-0.4, -0.2) is 78.1 Å². The van der Waals surface area contributed by atoms with Gasteiger partial charge in [-0.25, -0.2) is 9.59 Å². The summed E-state index contributed by atoms with van der Waals surface area (Å²) in [4.78, 5) is 32.2. The van der Waals surface area contributed by atoms with Crippen LogP contribution in [0.15, 0.2) is 60.7 Å². The number of carbonyl (C=O) groups is 3. The predicted octanol–water partition coefficient (Wildman–Crippen LogP) is 4.98. The number of nitrogens with two attached hydrogens (primary N) is 1. The summed E-state index contributed by atoms with van der Waals surface area (Å²) in [5, 5.41) is 27.3. The fourth-order valence-electron chi connectivity index (χ4n) is 4.66. The number of piperazine rings is 1. The van der Waals surface area contributed by atoms with Gasteiger partial charge in [-0.05, 0) is 65.9 Å². The van der Waals surface area contributed by atoms with E-state index in [4.69, 9.17) is 30.3 Å². The van der Waals surface area contributed by atoms with Crippen molar-refractivity contribution >= 4 is 17.8 Å². The number of amides is 1. The van der Waals surface area contributed by atoms with E-state index in [0.29, 0.717) is 29.2 Å². The van der Waals surface area contributed by atoms with Crippen LogP contribution in [0.4, 0.5) is 26.3 Å². The third-order valence-electron chi connectivity index (χ3n) is 6.79. The molecule has 0 saturated carbocycles. The monoisotopic (exact) mass is 682 g/mol. The van der Waals surface area contributed by atoms with Gasteiger partial charge in [0.25, 0.3) is 0 Å². The van der Waals surface area contributed by atoms with Gasteiger partial charge >= 0.3 is 24.3 Å². The van der Waals surface area contributed by atoms with E-state index in [2.05, 4.69) is 53.5 Å². The number of nitriles is 1. The van der Waals surface area contributed by atoms with Crippen LogP contribution < -0.4 is 15.8 Å². The number of benzene rings is 3. The molecule has 1 amide bonds. The lowest BCUT2D eigenvalue weighted by Crippen LogP contribution is -2.48. The topological polar surface area (TPSA) is 166 Å². The lowest BCUT2D eigenvalue weighted by Gasteiger charge is -2.31. The highest BCUT2D eigenvalue weighted by Gasteiger charge is 2.38. The van der Waals surface area contributed by atoms with Crippen LogP contribution in [0.25, 0.3) is 11.1 Å². The number of ether oxygens (including phenoxy) is 1. The first-order valence-electron chi connectivity index (χ1n) is 14.0. The Morgan fingerprint density at radius 2 is 1.58 bits per heavy atom. The number of methoxy groups -OCH3 is 1. The first-order chi connectivity index (χ1) is 22.4. The molecule has 0 unspecified atom stereocenters. The molecule has 1 heterocycles. The predicted molar refractivity (Wildman–Crippen MR) is 161 cm³/mol. The smallest absolute Gasteiger partial charge is 0.490 e. The molecule has 3 aromatic carbocycles. The molecule has 0 aromatic heterocycles. The summed E-state index contributed by atoms with van der Waals surface area (Å²) in [6.45, 7) is 6.19. The average molecular weight is 683 g/mol. The fourth-order valence-corrected chi connectivity index (χ4v) is 4.66. The summed E-state index contributed by atoms with van der Waals surface area (Å²) in [5.74, 6) is -5.27.